The van der Waals surface area contributed by atoms with Crippen LogP contribution in [0.1, 0.15) is 28.5 Å². The van der Waals surface area contributed by atoms with Crippen molar-refractivity contribution in [2.24, 2.45) is 0 Å². The van der Waals surface area contributed by atoms with E-state index in [1.807, 2.05) is 24.3 Å². The summed E-state index contributed by atoms with van der Waals surface area (Å²) in [6.45, 7) is 0. The highest BCUT2D eigenvalue weighted by atomic mass is 127. The van der Waals surface area contributed by atoms with Crippen molar-refractivity contribution in [3.63, 3.8) is 0 Å². The number of amides is 1. The molecule has 1 heterocycles. The van der Waals surface area contributed by atoms with Crippen molar-refractivity contribution in [1.29, 1.82) is 0 Å². The van der Waals surface area contributed by atoms with E-state index in [1.165, 1.54) is 6.07 Å². The molecule has 0 saturated heterocycles. The van der Waals surface area contributed by atoms with Gasteiger partial charge < -0.3 is 5.32 Å². The van der Waals surface area contributed by atoms with E-state index in [2.05, 4.69) is 27.9 Å². The Morgan fingerprint density at radius 2 is 1.90 bits per heavy atom. The van der Waals surface area contributed by atoms with Crippen LogP contribution in [0.4, 0.5) is 10.1 Å². The Hall–Kier alpha value is -1.14. The third kappa shape index (κ3) is 3.06. The van der Waals surface area contributed by atoms with Crippen LogP contribution in [0.25, 0.3) is 0 Å². The fourth-order valence-electron chi connectivity index (χ4n) is 2.43. The summed E-state index contributed by atoms with van der Waals surface area (Å²) in [6.07, 6.45) is 1.04. The van der Waals surface area contributed by atoms with Crippen molar-refractivity contribution in [1.82, 2.24) is 0 Å². The summed E-state index contributed by atoms with van der Waals surface area (Å²) in [4.78, 5) is 11.3. The number of anilines is 1. The van der Waals surface area contributed by atoms with Gasteiger partial charge in [0.15, 0.2) is 0 Å². The molecule has 0 spiro atoms. The highest BCUT2D eigenvalue weighted by Crippen LogP contribution is 2.35. The van der Waals surface area contributed by atoms with Gasteiger partial charge in [0, 0.05) is 21.2 Å². The Bertz CT molecular complexity index is 702. The first kappa shape index (κ1) is 14.8. The molecule has 3 rings (SSSR count). The van der Waals surface area contributed by atoms with Gasteiger partial charge in [-0.15, -0.1) is 11.6 Å². The molecule has 108 valence electrons. The second-order valence-corrected chi connectivity index (χ2v) is 6.68. The standard InChI is InChI=1S/C16H12ClFINO/c17-16(9-1-4-11(19)5-2-9)12-7-10-3-6-15(21)20-14(10)8-13(12)18/h1-2,4-5,7-8,16H,3,6H2,(H,20,21). The number of hydrogen-bond donors (Lipinski definition) is 1. The molecule has 1 N–H and O–H groups in total. The molecule has 0 saturated carbocycles. The molecule has 0 radical (unpaired) electrons. The average molecular weight is 416 g/mol. The Kier molecular flexibility index (Phi) is 4.17. The number of alkyl halides is 1. The van der Waals surface area contributed by atoms with Gasteiger partial charge in [-0.3, -0.25) is 4.79 Å². The van der Waals surface area contributed by atoms with Gasteiger partial charge >= 0.3 is 0 Å². The molecule has 1 aliphatic heterocycles. The number of rotatable bonds is 2. The van der Waals surface area contributed by atoms with Crippen LogP contribution in [0.15, 0.2) is 36.4 Å². The molecule has 21 heavy (non-hydrogen) atoms. The Labute approximate surface area is 140 Å². The van der Waals surface area contributed by atoms with Crippen LogP contribution < -0.4 is 5.32 Å². The molecule has 0 aliphatic carbocycles. The maximum atomic E-state index is 14.3. The van der Waals surface area contributed by atoms with Gasteiger partial charge in [0.2, 0.25) is 5.91 Å². The zero-order valence-corrected chi connectivity index (χ0v) is 13.9. The van der Waals surface area contributed by atoms with Gasteiger partial charge in [0.25, 0.3) is 0 Å². The summed E-state index contributed by atoms with van der Waals surface area (Å²) in [6, 6.07) is 10.8. The highest BCUT2D eigenvalue weighted by Gasteiger charge is 2.21. The van der Waals surface area contributed by atoms with E-state index in [0.29, 0.717) is 24.1 Å². The van der Waals surface area contributed by atoms with Crippen molar-refractivity contribution < 1.29 is 9.18 Å². The fraction of sp³-hybridized carbons (Fsp3) is 0.188. The summed E-state index contributed by atoms with van der Waals surface area (Å²) in [5, 5.41) is 2.15. The fourth-order valence-corrected chi connectivity index (χ4v) is 3.10. The molecule has 1 unspecified atom stereocenters. The Balaban J connectivity index is 1.98. The lowest BCUT2D eigenvalue weighted by atomic mass is 9.96. The zero-order valence-electron chi connectivity index (χ0n) is 11.0. The van der Waals surface area contributed by atoms with Gasteiger partial charge in [0.1, 0.15) is 5.82 Å². The number of halogens is 3. The lowest BCUT2D eigenvalue weighted by Crippen LogP contribution is -2.19. The van der Waals surface area contributed by atoms with Crippen LogP contribution in [0.3, 0.4) is 0 Å². The number of benzene rings is 2. The van der Waals surface area contributed by atoms with Gasteiger partial charge in [-0.1, -0.05) is 12.1 Å². The van der Waals surface area contributed by atoms with Crippen molar-refractivity contribution in [3.8, 4) is 0 Å². The molecule has 2 aromatic carbocycles. The minimum atomic E-state index is -0.537. The van der Waals surface area contributed by atoms with E-state index in [9.17, 15) is 9.18 Å². The third-order valence-electron chi connectivity index (χ3n) is 3.55. The van der Waals surface area contributed by atoms with Crippen molar-refractivity contribution in [2.75, 3.05) is 5.32 Å². The van der Waals surface area contributed by atoms with E-state index in [4.69, 9.17) is 11.6 Å². The number of hydrogen-bond acceptors (Lipinski definition) is 1. The summed E-state index contributed by atoms with van der Waals surface area (Å²) in [5.41, 5.74) is 2.80. The summed E-state index contributed by atoms with van der Waals surface area (Å²) < 4.78 is 15.4. The number of carbonyl (C=O) groups excluding carboxylic acids is 1. The molecule has 5 heteroatoms. The van der Waals surface area contributed by atoms with Gasteiger partial charge in [-0.05, 0) is 64.4 Å². The number of nitrogens with one attached hydrogen (secondary N) is 1. The SMILES string of the molecule is O=C1CCc2cc(C(Cl)c3ccc(I)cc3)c(F)cc2N1. The van der Waals surface area contributed by atoms with Crippen LogP contribution in [0.2, 0.25) is 0 Å². The van der Waals surface area contributed by atoms with Gasteiger partial charge in [0.05, 0.1) is 5.38 Å². The summed E-state index contributed by atoms with van der Waals surface area (Å²) >= 11 is 8.64. The van der Waals surface area contributed by atoms with Crippen molar-refractivity contribution >= 4 is 45.8 Å². The van der Waals surface area contributed by atoms with Gasteiger partial charge in [-0.25, -0.2) is 4.39 Å². The summed E-state index contributed by atoms with van der Waals surface area (Å²) in [7, 11) is 0. The number of carbonyl (C=O) groups is 1. The van der Waals surface area contributed by atoms with Crippen LogP contribution >= 0.6 is 34.2 Å². The predicted molar refractivity (Wildman–Crippen MR) is 90.2 cm³/mol. The maximum Gasteiger partial charge on any atom is 0.224 e. The second-order valence-electron chi connectivity index (χ2n) is 4.99. The van der Waals surface area contributed by atoms with Crippen LogP contribution in [-0.4, -0.2) is 5.91 Å². The Morgan fingerprint density at radius 3 is 2.62 bits per heavy atom. The molecule has 0 aromatic heterocycles. The highest BCUT2D eigenvalue weighted by molar-refractivity contribution is 14.1. The first-order valence-corrected chi connectivity index (χ1v) is 8.08. The molecular weight excluding hydrogens is 404 g/mol. The smallest absolute Gasteiger partial charge is 0.224 e. The second kappa shape index (κ2) is 5.93. The van der Waals surface area contributed by atoms with Crippen LogP contribution in [0, 0.1) is 9.39 Å². The third-order valence-corrected chi connectivity index (χ3v) is 4.76. The van der Waals surface area contributed by atoms with E-state index in [1.54, 1.807) is 6.07 Å². The zero-order chi connectivity index (χ0) is 15.0. The molecule has 1 amide bonds. The quantitative estimate of drug-likeness (QED) is 0.562. The van der Waals surface area contributed by atoms with Crippen molar-refractivity contribution in [3.05, 3.63) is 62.5 Å². The molecule has 0 bridgehead atoms. The Morgan fingerprint density at radius 1 is 1.19 bits per heavy atom. The van der Waals surface area contributed by atoms with Crippen LogP contribution in [-0.2, 0) is 11.2 Å². The minimum absolute atomic E-state index is 0.0743. The normalized spacial score (nSPS) is 15.3. The number of fused-ring (bicyclic) bond motifs is 1. The van der Waals surface area contributed by atoms with E-state index >= 15 is 0 Å². The largest absolute Gasteiger partial charge is 0.326 e. The topological polar surface area (TPSA) is 29.1 Å². The number of aryl methyl sites for hydroxylation is 1. The van der Waals surface area contributed by atoms with Crippen LogP contribution in [0.5, 0.6) is 0 Å². The molecule has 0 fully saturated rings. The van der Waals surface area contributed by atoms with Gasteiger partial charge in [-0.2, -0.15) is 0 Å². The molecule has 1 aliphatic rings. The molecule has 2 aromatic rings. The first-order chi connectivity index (χ1) is 10.0. The molecule has 1 atom stereocenters. The van der Waals surface area contributed by atoms with E-state index in [-0.39, 0.29) is 5.91 Å². The first-order valence-electron chi connectivity index (χ1n) is 6.56. The van der Waals surface area contributed by atoms with E-state index in [0.717, 1.165) is 14.7 Å². The molecule has 2 nitrogen and oxygen atoms in total. The maximum absolute atomic E-state index is 14.3. The van der Waals surface area contributed by atoms with E-state index < -0.39 is 11.2 Å². The lowest BCUT2D eigenvalue weighted by Gasteiger charge is -2.20. The average Bonchev–Trinajstić information content (AvgIpc) is 2.46. The molecular formula is C16H12ClFINO. The lowest BCUT2D eigenvalue weighted by molar-refractivity contribution is -0.116. The predicted octanol–water partition coefficient (Wildman–Crippen LogP) is 4.64. The van der Waals surface area contributed by atoms with Crippen molar-refractivity contribution in [2.45, 2.75) is 18.2 Å². The minimum Gasteiger partial charge on any atom is -0.326 e. The summed E-state index contributed by atoms with van der Waals surface area (Å²) in [5.74, 6) is -0.468. The monoisotopic (exact) mass is 415 g/mol.